The van der Waals surface area contributed by atoms with Gasteiger partial charge in [-0.3, -0.25) is 9.59 Å². The lowest BCUT2D eigenvalue weighted by Gasteiger charge is -2.58. The van der Waals surface area contributed by atoms with Gasteiger partial charge in [-0.2, -0.15) is 0 Å². The molecule has 0 spiro atoms. The van der Waals surface area contributed by atoms with Crippen molar-refractivity contribution < 1.29 is 24.9 Å². The number of fused-ring (bicyclic) bond motifs is 7. The molecule has 5 nitrogen and oxygen atoms in total. The average molecular weight is 389 g/mol. The van der Waals surface area contributed by atoms with Crippen LogP contribution in [0.1, 0.15) is 58.3 Å². The van der Waals surface area contributed by atoms with Gasteiger partial charge in [-0.25, -0.2) is 0 Å². The molecule has 5 aliphatic rings. The average Bonchev–Trinajstić information content (AvgIpc) is 3.42. The van der Waals surface area contributed by atoms with Crippen molar-refractivity contribution in [2.75, 3.05) is 6.61 Å². The van der Waals surface area contributed by atoms with Gasteiger partial charge in [-0.1, -0.05) is 12.5 Å². The highest BCUT2D eigenvalue weighted by Crippen LogP contribution is 2.76. The monoisotopic (exact) mass is 388 g/mol. The van der Waals surface area contributed by atoms with Crippen LogP contribution in [0.2, 0.25) is 0 Å². The molecule has 3 N–H and O–H groups in total. The molecule has 0 heterocycles. The van der Waals surface area contributed by atoms with Crippen molar-refractivity contribution in [1.82, 2.24) is 0 Å². The molecule has 0 amide bonds. The number of carbonyl (C=O) groups is 2. The van der Waals surface area contributed by atoms with Gasteiger partial charge in [0.15, 0.2) is 5.78 Å². The maximum atomic E-state index is 12.0. The van der Waals surface area contributed by atoms with Crippen molar-refractivity contribution in [3.63, 3.8) is 0 Å². The number of carboxylic acids is 1. The molecule has 0 aromatic rings. The number of aliphatic hydroxyl groups excluding tert-OH is 1. The number of rotatable bonds is 4. The van der Waals surface area contributed by atoms with Gasteiger partial charge in [0.1, 0.15) is 0 Å². The predicted octanol–water partition coefficient (Wildman–Crippen LogP) is 2.80. The third-order valence-electron chi connectivity index (χ3n) is 9.59. The Bertz CT molecular complexity index is 743. The van der Waals surface area contributed by atoms with E-state index in [-0.39, 0.29) is 36.1 Å². The van der Waals surface area contributed by atoms with Crippen molar-refractivity contribution in [2.24, 2.45) is 46.8 Å². The van der Waals surface area contributed by atoms with Crippen LogP contribution in [0.4, 0.5) is 0 Å². The van der Waals surface area contributed by atoms with Crippen LogP contribution in [0.25, 0.3) is 0 Å². The number of hydrogen-bond donors (Lipinski definition) is 3. The minimum Gasteiger partial charge on any atom is -0.481 e. The van der Waals surface area contributed by atoms with Crippen LogP contribution in [0, 0.1) is 46.8 Å². The summed E-state index contributed by atoms with van der Waals surface area (Å²) in [5, 5.41) is 31.0. The second-order valence-electron chi connectivity index (χ2n) is 10.5. The van der Waals surface area contributed by atoms with E-state index in [0.29, 0.717) is 42.4 Å². The summed E-state index contributed by atoms with van der Waals surface area (Å²) in [6.45, 7) is 2.31. The highest BCUT2D eigenvalue weighted by molar-refractivity contribution is 5.91. The Kier molecular flexibility index (Phi) is 4.13. The summed E-state index contributed by atoms with van der Waals surface area (Å²) in [6, 6.07) is 0. The first-order valence-corrected chi connectivity index (χ1v) is 11.1. The minimum absolute atomic E-state index is 0.0347. The highest BCUT2D eigenvalue weighted by Gasteiger charge is 2.75. The van der Waals surface area contributed by atoms with Crippen LogP contribution in [0.5, 0.6) is 0 Å². The molecule has 5 aliphatic carbocycles. The zero-order valence-corrected chi connectivity index (χ0v) is 16.6. The number of carbonyl (C=O) groups excluding carboxylic acids is 1. The Morgan fingerprint density at radius 3 is 2.71 bits per heavy atom. The van der Waals surface area contributed by atoms with Gasteiger partial charge in [0, 0.05) is 25.4 Å². The second kappa shape index (κ2) is 6.15. The molecule has 4 fully saturated rings. The molecular formula is C23H32O5. The van der Waals surface area contributed by atoms with Crippen LogP contribution in [0.3, 0.4) is 0 Å². The van der Waals surface area contributed by atoms with E-state index < -0.39 is 11.6 Å². The lowest BCUT2D eigenvalue weighted by Crippen LogP contribution is -2.56. The summed E-state index contributed by atoms with van der Waals surface area (Å²) in [4.78, 5) is 23.2. The van der Waals surface area contributed by atoms with Crippen LogP contribution in [-0.4, -0.2) is 39.3 Å². The molecule has 5 heteroatoms. The van der Waals surface area contributed by atoms with E-state index in [2.05, 4.69) is 6.92 Å². The number of ketones is 1. The fraction of sp³-hybridized carbons (Fsp3) is 0.826. The van der Waals surface area contributed by atoms with Crippen molar-refractivity contribution >= 4 is 11.8 Å². The van der Waals surface area contributed by atoms with E-state index in [0.717, 1.165) is 32.1 Å². The molecule has 28 heavy (non-hydrogen) atoms. The van der Waals surface area contributed by atoms with Gasteiger partial charge >= 0.3 is 5.97 Å². The van der Waals surface area contributed by atoms with Crippen molar-refractivity contribution in [1.29, 1.82) is 0 Å². The van der Waals surface area contributed by atoms with E-state index in [9.17, 15) is 24.9 Å². The quantitative estimate of drug-likeness (QED) is 0.688. The number of aliphatic carboxylic acids is 1. The zero-order chi connectivity index (χ0) is 19.8. The molecule has 5 rings (SSSR count). The molecule has 4 saturated carbocycles. The molecule has 154 valence electrons. The van der Waals surface area contributed by atoms with Gasteiger partial charge in [0.25, 0.3) is 0 Å². The van der Waals surface area contributed by atoms with Crippen LogP contribution < -0.4 is 0 Å². The van der Waals surface area contributed by atoms with Gasteiger partial charge < -0.3 is 15.3 Å². The molecule has 9 atom stereocenters. The topological polar surface area (TPSA) is 94.8 Å². The van der Waals surface area contributed by atoms with Crippen molar-refractivity contribution in [3.05, 3.63) is 11.6 Å². The second-order valence-corrected chi connectivity index (χ2v) is 10.5. The highest BCUT2D eigenvalue weighted by atomic mass is 16.4. The summed E-state index contributed by atoms with van der Waals surface area (Å²) < 4.78 is 0. The molecule has 0 radical (unpaired) electrons. The Morgan fingerprint density at radius 1 is 1.21 bits per heavy atom. The minimum atomic E-state index is -0.862. The first kappa shape index (κ1) is 18.8. The van der Waals surface area contributed by atoms with Gasteiger partial charge in [-0.15, -0.1) is 0 Å². The Labute approximate surface area is 166 Å². The Morgan fingerprint density at radius 2 is 2.00 bits per heavy atom. The van der Waals surface area contributed by atoms with E-state index in [1.165, 1.54) is 5.57 Å². The largest absolute Gasteiger partial charge is 0.481 e. The van der Waals surface area contributed by atoms with Crippen molar-refractivity contribution in [3.8, 4) is 0 Å². The standard InChI is InChI=1S/C23H32O5/c1-22-6-4-15-14-3-2-13(25)9-16(14)12(11-24)8-17(15)21(22)18-10-19(18)23(22,28)7-5-20(26)27/h9,12,14-15,17-19,21,24,28H,2-8,10-11H2,1H3,(H,26,27)/t12-,14-,15-,17-,18+,19-,21-,22+,23+/m1/s1. The van der Waals surface area contributed by atoms with Crippen LogP contribution >= 0.6 is 0 Å². The third kappa shape index (κ3) is 2.38. The lowest BCUT2D eigenvalue weighted by molar-refractivity contribution is -0.155. The van der Waals surface area contributed by atoms with Gasteiger partial charge in [0.05, 0.1) is 5.60 Å². The molecule has 0 saturated heterocycles. The fourth-order valence-electron chi connectivity index (χ4n) is 8.41. The zero-order valence-electron chi connectivity index (χ0n) is 16.6. The lowest BCUT2D eigenvalue weighted by atomic mass is 9.47. The van der Waals surface area contributed by atoms with E-state index in [1.807, 2.05) is 6.08 Å². The normalized spacial score (nSPS) is 51.5. The fourth-order valence-corrected chi connectivity index (χ4v) is 8.41. The number of hydrogen-bond acceptors (Lipinski definition) is 4. The van der Waals surface area contributed by atoms with Crippen LogP contribution in [-0.2, 0) is 9.59 Å². The third-order valence-corrected chi connectivity index (χ3v) is 9.59. The number of aliphatic hydroxyl groups is 2. The molecule has 0 unspecified atom stereocenters. The Hall–Kier alpha value is -1.20. The van der Waals surface area contributed by atoms with E-state index >= 15 is 0 Å². The molecule has 0 aliphatic heterocycles. The summed E-state index contributed by atoms with van der Waals surface area (Å²) in [5.74, 6) is 2.04. The molecule has 0 aromatic carbocycles. The molecule has 0 aromatic heterocycles. The summed E-state index contributed by atoms with van der Waals surface area (Å²) in [6.07, 6.45) is 7.67. The van der Waals surface area contributed by atoms with Crippen LogP contribution in [0.15, 0.2) is 11.6 Å². The van der Waals surface area contributed by atoms with E-state index in [4.69, 9.17) is 0 Å². The van der Waals surface area contributed by atoms with Gasteiger partial charge in [-0.05, 0) is 85.5 Å². The van der Waals surface area contributed by atoms with E-state index in [1.54, 1.807) is 0 Å². The smallest absolute Gasteiger partial charge is 0.303 e. The summed E-state index contributed by atoms with van der Waals surface area (Å²) in [7, 11) is 0. The Balaban J connectivity index is 1.48. The predicted molar refractivity (Wildman–Crippen MR) is 102 cm³/mol. The SMILES string of the molecule is C[C@]12CC[C@H]3[C@@H](C[C@H](CO)C4=CC(=O)CC[C@@H]43)[C@@H]1[C@H]1C[C@H]1[C@@]2(O)CCC(=O)O. The summed E-state index contributed by atoms with van der Waals surface area (Å²) in [5.41, 5.74) is 0.109. The number of carboxylic acid groups (broad SMARTS) is 1. The molecule has 0 bridgehead atoms. The maximum Gasteiger partial charge on any atom is 0.303 e. The van der Waals surface area contributed by atoms with Crippen molar-refractivity contribution in [2.45, 2.75) is 63.9 Å². The first-order valence-electron chi connectivity index (χ1n) is 11.1. The first-order chi connectivity index (χ1) is 13.3. The summed E-state index contributed by atoms with van der Waals surface area (Å²) >= 11 is 0. The molecular weight excluding hydrogens is 356 g/mol. The maximum absolute atomic E-state index is 12.0. The van der Waals surface area contributed by atoms with Gasteiger partial charge in [0.2, 0.25) is 0 Å².